The molecule has 0 bridgehead atoms. The van der Waals surface area contributed by atoms with Crippen LogP contribution in [-0.2, 0) is 0 Å². The summed E-state index contributed by atoms with van der Waals surface area (Å²) in [6, 6.07) is 0.717. The van der Waals surface area contributed by atoms with Gasteiger partial charge < -0.3 is 4.57 Å². The molecule has 0 fully saturated rings. The van der Waals surface area contributed by atoms with Crippen molar-refractivity contribution in [2.45, 2.75) is 52.4 Å². The first kappa shape index (κ1) is 12.9. The molecule has 0 aliphatic rings. The Hall–Kier alpha value is -0.0831. The summed E-state index contributed by atoms with van der Waals surface area (Å²) in [6.07, 6.45) is 4.43. The van der Waals surface area contributed by atoms with E-state index in [1.165, 1.54) is 13.0 Å². The molecule has 0 spiro atoms. The molecule has 1 atom stereocenters. The average Bonchev–Trinajstić information content (AvgIpc) is 2.01. The summed E-state index contributed by atoms with van der Waals surface area (Å²) in [5.74, 6) is 0. The van der Waals surface area contributed by atoms with E-state index >= 15 is 0 Å². The highest BCUT2D eigenvalue weighted by Crippen LogP contribution is 2.18. The van der Waals surface area contributed by atoms with E-state index in [1.807, 2.05) is 0 Å². The maximum Gasteiger partial charge on any atom is 0.119 e. The second-order valence-electron chi connectivity index (χ2n) is 4.54. The molecule has 0 rings (SSSR count). The van der Waals surface area contributed by atoms with Gasteiger partial charge in [0.05, 0.1) is 0 Å². The van der Waals surface area contributed by atoms with Crippen molar-refractivity contribution in [1.82, 2.24) is 4.57 Å². The lowest BCUT2D eigenvalue weighted by atomic mass is 10.1. The fourth-order valence-electron chi connectivity index (χ4n) is 1.99. The van der Waals surface area contributed by atoms with Crippen LogP contribution in [0.25, 0.3) is 0 Å². The summed E-state index contributed by atoms with van der Waals surface area (Å²) in [7, 11) is -1.12. The van der Waals surface area contributed by atoms with Gasteiger partial charge in [-0.05, 0) is 19.4 Å². The predicted molar refractivity (Wildman–Crippen MR) is 64.6 cm³/mol. The molecule has 0 aromatic carbocycles. The highest BCUT2D eigenvalue weighted by atomic mass is 28.3. The van der Waals surface area contributed by atoms with Crippen molar-refractivity contribution >= 4 is 8.24 Å². The molecule has 0 aromatic heterocycles. The largest absolute Gasteiger partial charge is 0.321 e. The van der Waals surface area contributed by atoms with Gasteiger partial charge in [-0.1, -0.05) is 39.6 Å². The first-order valence-electron chi connectivity index (χ1n) is 5.35. The molecule has 0 saturated carbocycles. The van der Waals surface area contributed by atoms with Crippen molar-refractivity contribution in [3.05, 3.63) is 12.7 Å². The Bertz CT molecular complexity index is 149. The van der Waals surface area contributed by atoms with Crippen LogP contribution in [0.5, 0.6) is 0 Å². The molecular formula is C11H25NSi. The third-order valence-electron chi connectivity index (χ3n) is 2.55. The Kier molecular flexibility index (Phi) is 5.57. The lowest BCUT2D eigenvalue weighted by Gasteiger charge is -2.39. The Balaban J connectivity index is 4.42. The van der Waals surface area contributed by atoms with Crippen molar-refractivity contribution in [3.63, 3.8) is 0 Å². The van der Waals surface area contributed by atoms with Crippen LogP contribution in [-0.4, -0.2) is 25.4 Å². The zero-order chi connectivity index (χ0) is 10.5. The van der Waals surface area contributed by atoms with Gasteiger partial charge >= 0.3 is 0 Å². The number of hydrogen-bond acceptors (Lipinski definition) is 1. The van der Waals surface area contributed by atoms with Crippen LogP contribution in [0.1, 0.15) is 26.7 Å². The standard InChI is InChI=1S/C11H25NSi/c1-7-10-11(8-2)12(9-3)13(4,5)6/h7,11H,1,8-10H2,2-6H3. The first-order valence-corrected chi connectivity index (χ1v) is 8.79. The van der Waals surface area contributed by atoms with Crippen LogP contribution in [0.4, 0.5) is 0 Å². The molecule has 1 unspecified atom stereocenters. The summed E-state index contributed by atoms with van der Waals surface area (Å²) in [6.45, 7) is 16.8. The fraction of sp³-hybridized carbons (Fsp3) is 0.818. The van der Waals surface area contributed by atoms with E-state index in [0.717, 1.165) is 6.42 Å². The highest BCUT2D eigenvalue weighted by Gasteiger charge is 2.27. The fourth-order valence-corrected chi connectivity index (χ4v) is 4.32. The van der Waals surface area contributed by atoms with E-state index in [0.29, 0.717) is 6.04 Å². The maximum atomic E-state index is 3.84. The number of nitrogens with zero attached hydrogens (tertiary/aromatic N) is 1. The molecule has 0 heterocycles. The Morgan fingerprint density at radius 3 is 2.08 bits per heavy atom. The van der Waals surface area contributed by atoms with E-state index in [9.17, 15) is 0 Å². The van der Waals surface area contributed by atoms with E-state index < -0.39 is 8.24 Å². The monoisotopic (exact) mass is 199 g/mol. The summed E-state index contributed by atoms with van der Waals surface area (Å²) in [4.78, 5) is 0. The minimum atomic E-state index is -1.12. The van der Waals surface area contributed by atoms with Gasteiger partial charge in [0.25, 0.3) is 0 Å². The molecule has 0 radical (unpaired) electrons. The minimum absolute atomic E-state index is 0.717. The molecule has 0 aliphatic heterocycles. The molecule has 13 heavy (non-hydrogen) atoms. The second kappa shape index (κ2) is 5.61. The van der Waals surface area contributed by atoms with Gasteiger partial charge in [-0.3, -0.25) is 0 Å². The topological polar surface area (TPSA) is 3.24 Å². The SMILES string of the molecule is C=CCC(CC)N(CC)[Si](C)(C)C. The molecular weight excluding hydrogens is 174 g/mol. The molecule has 0 aliphatic carbocycles. The smallest absolute Gasteiger partial charge is 0.119 e. The van der Waals surface area contributed by atoms with Gasteiger partial charge in [0.15, 0.2) is 0 Å². The van der Waals surface area contributed by atoms with Gasteiger partial charge in [0, 0.05) is 6.04 Å². The van der Waals surface area contributed by atoms with Crippen LogP contribution in [0.2, 0.25) is 19.6 Å². The normalized spacial score (nSPS) is 14.6. The van der Waals surface area contributed by atoms with Gasteiger partial charge in [0.2, 0.25) is 0 Å². The van der Waals surface area contributed by atoms with Gasteiger partial charge in [-0.15, -0.1) is 6.58 Å². The van der Waals surface area contributed by atoms with Gasteiger partial charge in [-0.25, -0.2) is 0 Å². The maximum absolute atomic E-state index is 3.84. The van der Waals surface area contributed by atoms with Crippen molar-refractivity contribution in [1.29, 1.82) is 0 Å². The van der Waals surface area contributed by atoms with Crippen molar-refractivity contribution in [2.75, 3.05) is 6.54 Å². The van der Waals surface area contributed by atoms with Crippen LogP contribution in [0.15, 0.2) is 12.7 Å². The number of hydrogen-bond donors (Lipinski definition) is 0. The quantitative estimate of drug-likeness (QED) is 0.467. The molecule has 0 saturated heterocycles. The molecule has 2 heteroatoms. The Morgan fingerprint density at radius 1 is 1.31 bits per heavy atom. The average molecular weight is 199 g/mol. The third-order valence-corrected chi connectivity index (χ3v) is 4.96. The van der Waals surface area contributed by atoms with Crippen LogP contribution in [0.3, 0.4) is 0 Å². The van der Waals surface area contributed by atoms with Crippen molar-refractivity contribution < 1.29 is 0 Å². The summed E-state index contributed by atoms with van der Waals surface area (Å²) in [5, 5.41) is 0. The lowest BCUT2D eigenvalue weighted by molar-refractivity contribution is 0.321. The van der Waals surface area contributed by atoms with E-state index in [1.54, 1.807) is 0 Å². The molecule has 1 nitrogen and oxygen atoms in total. The van der Waals surface area contributed by atoms with E-state index in [4.69, 9.17) is 0 Å². The molecule has 0 amide bonds. The van der Waals surface area contributed by atoms with Crippen LogP contribution >= 0.6 is 0 Å². The molecule has 0 aromatic rings. The zero-order valence-corrected chi connectivity index (χ0v) is 10.9. The van der Waals surface area contributed by atoms with E-state index in [-0.39, 0.29) is 0 Å². The second-order valence-corrected chi connectivity index (χ2v) is 9.46. The highest BCUT2D eigenvalue weighted by molar-refractivity contribution is 6.73. The third kappa shape index (κ3) is 4.10. The number of rotatable bonds is 6. The van der Waals surface area contributed by atoms with Crippen LogP contribution < -0.4 is 0 Å². The minimum Gasteiger partial charge on any atom is -0.321 e. The summed E-state index contributed by atoms with van der Waals surface area (Å²) >= 11 is 0. The van der Waals surface area contributed by atoms with Crippen LogP contribution in [0, 0.1) is 0 Å². The van der Waals surface area contributed by atoms with E-state index in [2.05, 4.69) is 50.7 Å². The predicted octanol–water partition coefficient (Wildman–Crippen LogP) is 3.50. The Morgan fingerprint density at radius 2 is 1.85 bits per heavy atom. The lowest BCUT2D eigenvalue weighted by Crippen LogP contribution is -2.51. The summed E-state index contributed by atoms with van der Waals surface area (Å²) in [5.41, 5.74) is 0. The Labute approximate surface area is 84.9 Å². The van der Waals surface area contributed by atoms with Gasteiger partial charge in [-0.2, -0.15) is 0 Å². The van der Waals surface area contributed by atoms with Crippen molar-refractivity contribution in [3.8, 4) is 0 Å². The zero-order valence-electron chi connectivity index (χ0n) is 9.93. The summed E-state index contributed by atoms with van der Waals surface area (Å²) < 4.78 is 2.69. The molecule has 78 valence electrons. The van der Waals surface area contributed by atoms with Gasteiger partial charge in [0.1, 0.15) is 8.24 Å². The van der Waals surface area contributed by atoms with Crippen molar-refractivity contribution in [2.24, 2.45) is 0 Å². The first-order chi connectivity index (χ1) is 5.97. The molecule has 0 N–H and O–H groups in total.